The number of aryl methyl sites for hydroxylation is 1. The molecule has 1 amide bonds. The number of hydrogen-bond acceptors (Lipinski definition) is 8. The van der Waals surface area contributed by atoms with Crippen molar-refractivity contribution < 1.29 is 23.5 Å². The average Bonchev–Trinajstić information content (AvgIpc) is 2.93. The van der Waals surface area contributed by atoms with Gasteiger partial charge in [-0.15, -0.1) is 0 Å². The molecular weight excluding hydrogens is 489 g/mol. The number of nitrogens with one attached hydrogen (secondary N) is 4. The van der Waals surface area contributed by atoms with Gasteiger partial charge in [0.2, 0.25) is 0 Å². The fourth-order valence-corrected chi connectivity index (χ4v) is 3.74. The molecule has 0 aliphatic rings. The number of amides is 1. The van der Waals surface area contributed by atoms with E-state index in [4.69, 9.17) is 15.2 Å². The van der Waals surface area contributed by atoms with Gasteiger partial charge in [0.05, 0.1) is 30.7 Å². The molecule has 0 atom stereocenters. The maximum atomic E-state index is 14.7. The van der Waals surface area contributed by atoms with Crippen LogP contribution in [0, 0.1) is 5.82 Å². The molecule has 0 spiro atoms. The average molecular weight is 532 g/mol. The zero-order valence-electron chi connectivity index (χ0n) is 22.3. The van der Waals surface area contributed by atoms with Crippen LogP contribution in [0.5, 0.6) is 0 Å². The Labute approximate surface area is 225 Å². The number of benzene rings is 2. The molecule has 0 aromatic heterocycles. The molecule has 0 heterocycles. The SMILES string of the molecule is COC(=O)c1cc(F)c(NCCCNCCCCNCCCN)cc1NC(=O)OCCCc1ccccc1. The predicted molar refractivity (Wildman–Crippen MR) is 149 cm³/mol. The molecule has 0 radical (unpaired) electrons. The minimum atomic E-state index is -0.756. The molecule has 2 aromatic carbocycles. The molecule has 0 saturated carbocycles. The number of ether oxygens (including phenoxy) is 2. The number of hydrogen-bond donors (Lipinski definition) is 5. The minimum Gasteiger partial charge on any atom is -0.465 e. The number of carbonyl (C=O) groups is 2. The third kappa shape index (κ3) is 12.4. The highest BCUT2D eigenvalue weighted by Crippen LogP contribution is 2.26. The van der Waals surface area contributed by atoms with E-state index in [1.54, 1.807) is 0 Å². The lowest BCUT2D eigenvalue weighted by Gasteiger charge is -2.14. The van der Waals surface area contributed by atoms with E-state index >= 15 is 0 Å². The molecule has 2 aromatic rings. The van der Waals surface area contributed by atoms with Gasteiger partial charge in [0, 0.05) is 6.54 Å². The summed E-state index contributed by atoms with van der Waals surface area (Å²) in [5.74, 6) is -1.36. The Balaban J connectivity index is 1.76. The van der Waals surface area contributed by atoms with Gasteiger partial charge in [-0.25, -0.2) is 14.0 Å². The predicted octanol–water partition coefficient (Wildman–Crippen LogP) is 3.90. The van der Waals surface area contributed by atoms with Crippen molar-refractivity contribution in [1.82, 2.24) is 10.6 Å². The van der Waals surface area contributed by atoms with Gasteiger partial charge in [-0.3, -0.25) is 5.32 Å². The summed E-state index contributed by atoms with van der Waals surface area (Å²) >= 11 is 0. The Morgan fingerprint density at radius 2 is 1.55 bits per heavy atom. The Kier molecular flexibility index (Phi) is 15.5. The van der Waals surface area contributed by atoms with Crippen LogP contribution in [0.25, 0.3) is 0 Å². The number of esters is 1. The largest absolute Gasteiger partial charge is 0.465 e. The van der Waals surface area contributed by atoms with Crippen molar-refractivity contribution in [2.75, 3.05) is 63.6 Å². The number of anilines is 2. The first-order valence-electron chi connectivity index (χ1n) is 13.3. The first kappa shape index (κ1) is 31.0. The Morgan fingerprint density at radius 3 is 2.24 bits per heavy atom. The third-order valence-corrected chi connectivity index (χ3v) is 5.80. The van der Waals surface area contributed by atoms with Gasteiger partial charge in [-0.05, 0) is 88.9 Å². The van der Waals surface area contributed by atoms with Crippen LogP contribution >= 0.6 is 0 Å². The lowest BCUT2D eigenvalue weighted by atomic mass is 10.1. The summed E-state index contributed by atoms with van der Waals surface area (Å²) in [6.07, 6.45) is 4.64. The van der Waals surface area contributed by atoms with E-state index < -0.39 is 17.9 Å². The lowest BCUT2D eigenvalue weighted by Crippen LogP contribution is -2.22. The van der Waals surface area contributed by atoms with Crippen LogP contribution in [0.4, 0.5) is 20.6 Å². The van der Waals surface area contributed by atoms with Crippen molar-refractivity contribution in [3.05, 3.63) is 59.4 Å². The van der Waals surface area contributed by atoms with Crippen molar-refractivity contribution in [1.29, 1.82) is 0 Å². The van der Waals surface area contributed by atoms with Crippen LogP contribution in [0.3, 0.4) is 0 Å². The first-order valence-corrected chi connectivity index (χ1v) is 13.3. The van der Waals surface area contributed by atoms with Crippen LogP contribution in [-0.2, 0) is 15.9 Å². The van der Waals surface area contributed by atoms with Crippen molar-refractivity contribution in [3.8, 4) is 0 Å². The number of halogens is 1. The molecule has 0 aliphatic heterocycles. The molecule has 0 fully saturated rings. The number of methoxy groups -OCH3 is 1. The van der Waals surface area contributed by atoms with Gasteiger partial charge in [0.1, 0.15) is 5.82 Å². The molecule has 0 saturated heterocycles. The molecule has 210 valence electrons. The number of nitrogens with two attached hydrogens (primary N) is 1. The molecule has 6 N–H and O–H groups in total. The highest BCUT2D eigenvalue weighted by Gasteiger charge is 2.18. The van der Waals surface area contributed by atoms with E-state index in [9.17, 15) is 14.0 Å². The fraction of sp³-hybridized carbons (Fsp3) is 0.500. The van der Waals surface area contributed by atoms with Crippen molar-refractivity contribution in [2.45, 2.75) is 38.5 Å². The third-order valence-electron chi connectivity index (χ3n) is 5.80. The maximum Gasteiger partial charge on any atom is 0.411 e. The van der Waals surface area contributed by atoms with E-state index in [0.29, 0.717) is 19.5 Å². The van der Waals surface area contributed by atoms with Crippen LogP contribution in [0.2, 0.25) is 0 Å². The zero-order valence-corrected chi connectivity index (χ0v) is 22.3. The van der Waals surface area contributed by atoms with Crippen LogP contribution in [0.15, 0.2) is 42.5 Å². The Hall–Kier alpha value is -3.21. The summed E-state index contributed by atoms with van der Waals surface area (Å²) in [6, 6.07) is 12.3. The van der Waals surface area contributed by atoms with Gasteiger partial charge >= 0.3 is 12.1 Å². The first-order chi connectivity index (χ1) is 18.5. The molecule has 0 bridgehead atoms. The Bertz CT molecular complexity index is 962. The van der Waals surface area contributed by atoms with Gasteiger partial charge in [0.25, 0.3) is 0 Å². The monoisotopic (exact) mass is 531 g/mol. The van der Waals surface area contributed by atoms with E-state index in [1.165, 1.54) is 13.2 Å². The highest BCUT2D eigenvalue weighted by molar-refractivity contribution is 6.00. The van der Waals surface area contributed by atoms with Crippen molar-refractivity contribution >= 4 is 23.4 Å². The summed E-state index contributed by atoms with van der Waals surface area (Å²) < 4.78 is 24.7. The standard InChI is InChI=1S/C28H42FN5O4/c1-37-27(35)23-20-24(29)26(33-18-9-17-32-15-6-5-14-31-16-8-13-30)21-25(23)34-28(36)38-19-7-12-22-10-3-2-4-11-22/h2-4,10-11,20-21,31-33H,5-9,12-19,30H2,1H3,(H,34,36). The molecule has 9 nitrogen and oxygen atoms in total. The second-order valence-electron chi connectivity index (χ2n) is 8.85. The summed E-state index contributed by atoms with van der Waals surface area (Å²) in [4.78, 5) is 24.5. The fourth-order valence-electron chi connectivity index (χ4n) is 3.74. The molecule has 2 rings (SSSR count). The number of unbranched alkanes of at least 4 members (excludes halogenated alkanes) is 1. The van der Waals surface area contributed by atoms with E-state index in [1.807, 2.05) is 30.3 Å². The lowest BCUT2D eigenvalue weighted by molar-refractivity contribution is 0.0601. The highest BCUT2D eigenvalue weighted by atomic mass is 19.1. The van der Waals surface area contributed by atoms with E-state index in [0.717, 1.165) is 69.9 Å². The van der Waals surface area contributed by atoms with E-state index in [-0.39, 0.29) is 23.5 Å². The minimum absolute atomic E-state index is 0.0871. The zero-order chi connectivity index (χ0) is 27.4. The molecule has 10 heteroatoms. The second kappa shape index (κ2) is 18.9. The van der Waals surface area contributed by atoms with E-state index in [2.05, 4.69) is 21.3 Å². The van der Waals surface area contributed by atoms with Gasteiger partial charge in [-0.1, -0.05) is 30.3 Å². The number of carbonyl (C=O) groups excluding carboxylic acids is 2. The van der Waals surface area contributed by atoms with Gasteiger partial charge in [-0.2, -0.15) is 0 Å². The van der Waals surface area contributed by atoms with Crippen LogP contribution < -0.4 is 27.0 Å². The molecule has 0 aliphatic carbocycles. The normalized spacial score (nSPS) is 10.7. The summed E-state index contributed by atoms with van der Waals surface area (Å²) in [7, 11) is 1.20. The summed E-state index contributed by atoms with van der Waals surface area (Å²) in [6.45, 7) is 5.09. The Morgan fingerprint density at radius 1 is 0.868 bits per heavy atom. The molecule has 0 unspecified atom stereocenters. The summed E-state index contributed by atoms with van der Waals surface area (Å²) in [5.41, 5.74) is 6.83. The van der Waals surface area contributed by atoms with Crippen LogP contribution in [-0.4, -0.2) is 65.0 Å². The summed E-state index contributed by atoms with van der Waals surface area (Å²) in [5, 5.41) is 12.3. The molecular formula is C28H42FN5O4. The van der Waals surface area contributed by atoms with Crippen LogP contribution in [0.1, 0.15) is 48.0 Å². The molecule has 38 heavy (non-hydrogen) atoms. The topological polar surface area (TPSA) is 127 Å². The van der Waals surface area contributed by atoms with Crippen molar-refractivity contribution in [3.63, 3.8) is 0 Å². The maximum absolute atomic E-state index is 14.7. The van der Waals surface area contributed by atoms with Gasteiger partial charge < -0.3 is 31.2 Å². The number of rotatable bonds is 19. The van der Waals surface area contributed by atoms with Gasteiger partial charge in [0.15, 0.2) is 0 Å². The quantitative estimate of drug-likeness (QED) is 0.136. The second-order valence-corrected chi connectivity index (χ2v) is 8.85. The smallest absolute Gasteiger partial charge is 0.411 e. The van der Waals surface area contributed by atoms with Crippen molar-refractivity contribution in [2.24, 2.45) is 5.73 Å².